The van der Waals surface area contributed by atoms with Crippen LogP contribution in [0.25, 0.3) is 0 Å². The zero-order chi connectivity index (χ0) is 18.5. The first-order chi connectivity index (χ1) is 12.1. The molecule has 2 rings (SSSR count). The molecule has 0 bridgehead atoms. The van der Waals surface area contributed by atoms with Gasteiger partial charge in [0.1, 0.15) is 0 Å². The molecule has 0 radical (unpaired) electrons. The van der Waals surface area contributed by atoms with E-state index >= 15 is 0 Å². The maximum Gasteiger partial charge on any atom is 0.305 e. The molecular formula is C21H26O4. The van der Waals surface area contributed by atoms with E-state index in [0.717, 1.165) is 18.4 Å². The molecule has 0 aromatic heterocycles. The topological polar surface area (TPSA) is 55.8 Å². The normalized spacial score (nSPS) is 9.52. The van der Waals surface area contributed by atoms with Gasteiger partial charge in [-0.25, -0.2) is 0 Å². The summed E-state index contributed by atoms with van der Waals surface area (Å²) < 4.78 is 9.90. The highest BCUT2D eigenvalue weighted by molar-refractivity contribution is 5.68. The van der Waals surface area contributed by atoms with E-state index in [9.17, 15) is 9.90 Å². The average Bonchev–Trinajstić information content (AvgIpc) is 2.64. The summed E-state index contributed by atoms with van der Waals surface area (Å²) in [6.07, 6.45) is 3.85. The summed E-state index contributed by atoms with van der Waals surface area (Å²) in [5.74, 6) is 0.551. The molecular weight excluding hydrogens is 316 g/mol. The minimum absolute atomic E-state index is 0.129. The maximum absolute atomic E-state index is 10.8. The highest BCUT2D eigenvalue weighted by atomic mass is 16.5. The number of methoxy groups -OCH3 is 1. The molecule has 0 unspecified atom stereocenters. The van der Waals surface area contributed by atoms with Crippen LogP contribution in [0.4, 0.5) is 0 Å². The second-order valence-electron chi connectivity index (χ2n) is 5.31. The SMILES string of the molecule is C=CCc1ccc(O)c(OC)c1.CCC(=O)OCCc1ccccc1. The summed E-state index contributed by atoms with van der Waals surface area (Å²) in [5, 5.41) is 9.25. The Labute approximate surface area is 149 Å². The Bertz CT molecular complexity index is 650. The van der Waals surface area contributed by atoms with E-state index in [2.05, 4.69) is 6.58 Å². The first kappa shape index (κ1) is 20.3. The Balaban J connectivity index is 0.000000251. The van der Waals surface area contributed by atoms with Gasteiger partial charge in [0.25, 0.3) is 0 Å². The molecule has 0 heterocycles. The van der Waals surface area contributed by atoms with Crippen LogP contribution in [-0.4, -0.2) is 24.8 Å². The fraction of sp³-hybridized carbons (Fsp3) is 0.286. The van der Waals surface area contributed by atoms with Crippen LogP contribution in [-0.2, 0) is 22.4 Å². The zero-order valence-electron chi connectivity index (χ0n) is 14.9. The number of carbonyl (C=O) groups is 1. The van der Waals surface area contributed by atoms with Crippen molar-refractivity contribution in [2.24, 2.45) is 0 Å². The summed E-state index contributed by atoms with van der Waals surface area (Å²) >= 11 is 0. The van der Waals surface area contributed by atoms with Crippen LogP contribution < -0.4 is 4.74 Å². The molecule has 0 saturated carbocycles. The van der Waals surface area contributed by atoms with Crippen molar-refractivity contribution in [1.82, 2.24) is 0 Å². The second-order valence-corrected chi connectivity index (χ2v) is 5.31. The van der Waals surface area contributed by atoms with E-state index in [1.807, 2.05) is 42.5 Å². The van der Waals surface area contributed by atoms with Gasteiger partial charge in [-0.1, -0.05) is 49.4 Å². The number of aromatic hydroxyl groups is 1. The Kier molecular flexibility index (Phi) is 9.53. The first-order valence-electron chi connectivity index (χ1n) is 8.27. The predicted octanol–water partition coefficient (Wildman–Crippen LogP) is 4.31. The third-order valence-electron chi connectivity index (χ3n) is 3.41. The number of hydrogen-bond acceptors (Lipinski definition) is 4. The zero-order valence-corrected chi connectivity index (χ0v) is 14.9. The van der Waals surface area contributed by atoms with Crippen molar-refractivity contribution in [3.63, 3.8) is 0 Å². The number of ether oxygens (including phenoxy) is 2. The third-order valence-corrected chi connectivity index (χ3v) is 3.41. The summed E-state index contributed by atoms with van der Waals surface area (Å²) in [5.41, 5.74) is 2.28. The monoisotopic (exact) mass is 342 g/mol. The van der Waals surface area contributed by atoms with Crippen LogP contribution >= 0.6 is 0 Å². The largest absolute Gasteiger partial charge is 0.504 e. The van der Waals surface area contributed by atoms with E-state index in [4.69, 9.17) is 9.47 Å². The van der Waals surface area contributed by atoms with Gasteiger partial charge >= 0.3 is 5.97 Å². The smallest absolute Gasteiger partial charge is 0.305 e. The standard InChI is InChI=1S/C11H14O2.C10H12O2/c1-2-11(12)13-9-8-10-6-4-3-5-7-10;1-3-4-8-5-6-9(11)10(7-8)12-2/h3-7H,2,8-9H2,1H3;3,5-7,11H,1,4H2,2H3. The summed E-state index contributed by atoms with van der Waals surface area (Å²) in [4.78, 5) is 10.8. The molecule has 2 aromatic carbocycles. The lowest BCUT2D eigenvalue weighted by Gasteiger charge is -2.04. The van der Waals surface area contributed by atoms with Crippen LogP contribution in [0.3, 0.4) is 0 Å². The lowest BCUT2D eigenvalue weighted by molar-refractivity contribution is -0.143. The summed E-state index contributed by atoms with van der Waals surface area (Å²) in [7, 11) is 1.53. The van der Waals surface area contributed by atoms with E-state index < -0.39 is 0 Å². The van der Waals surface area contributed by atoms with Crippen molar-refractivity contribution in [2.75, 3.05) is 13.7 Å². The van der Waals surface area contributed by atoms with Gasteiger partial charge in [0.15, 0.2) is 11.5 Å². The van der Waals surface area contributed by atoms with Crippen LogP contribution in [0, 0.1) is 0 Å². The van der Waals surface area contributed by atoms with Crippen LogP contribution in [0.2, 0.25) is 0 Å². The summed E-state index contributed by atoms with van der Waals surface area (Å²) in [6.45, 7) is 5.91. The van der Waals surface area contributed by atoms with Crippen molar-refractivity contribution in [3.05, 3.63) is 72.3 Å². The molecule has 4 nitrogen and oxygen atoms in total. The molecule has 0 fully saturated rings. The molecule has 0 aliphatic heterocycles. The van der Waals surface area contributed by atoms with E-state index in [1.165, 1.54) is 12.7 Å². The quantitative estimate of drug-likeness (QED) is 0.602. The van der Waals surface area contributed by atoms with Crippen LogP contribution in [0.5, 0.6) is 11.5 Å². The van der Waals surface area contributed by atoms with Gasteiger partial charge in [-0.3, -0.25) is 4.79 Å². The van der Waals surface area contributed by atoms with Crippen LogP contribution in [0.1, 0.15) is 24.5 Å². The number of carbonyl (C=O) groups excluding carboxylic acids is 1. The van der Waals surface area contributed by atoms with Gasteiger partial charge in [-0.05, 0) is 29.7 Å². The second kappa shape index (κ2) is 11.7. The fourth-order valence-electron chi connectivity index (χ4n) is 2.05. The molecule has 2 aromatic rings. The number of allylic oxidation sites excluding steroid dienone is 1. The molecule has 0 spiro atoms. The molecule has 4 heteroatoms. The molecule has 0 atom stereocenters. The fourth-order valence-corrected chi connectivity index (χ4v) is 2.05. The lowest BCUT2D eigenvalue weighted by atomic mass is 10.1. The molecule has 25 heavy (non-hydrogen) atoms. The van der Waals surface area contributed by atoms with Crippen molar-refractivity contribution >= 4 is 5.97 Å². The lowest BCUT2D eigenvalue weighted by Crippen LogP contribution is -2.05. The minimum Gasteiger partial charge on any atom is -0.504 e. The van der Waals surface area contributed by atoms with E-state index in [1.54, 1.807) is 19.1 Å². The first-order valence-corrected chi connectivity index (χ1v) is 8.27. The van der Waals surface area contributed by atoms with Gasteiger partial charge in [-0.15, -0.1) is 6.58 Å². The Morgan fingerprint density at radius 3 is 2.48 bits per heavy atom. The number of benzene rings is 2. The Morgan fingerprint density at radius 1 is 1.16 bits per heavy atom. The Hall–Kier alpha value is -2.75. The van der Waals surface area contributed by atoms with Gasteiger partial charge in [0, 0.05) is 12.8 Å². The molecule has 1 N–H and O–H groups in total. The van der Waals surface area contributed by atoms with Gasteiger partial charge in [-0.2, -0.15) is 0 Å². The molecule has 0 aliphatic carbocycles. The van der Waals surface area contributed by atoms with Gasteiger partial charge < -0.3 is 14.6 Å². The number of esters is 1. The molecule has 134 valence electrons. The number of hydrogen-bond donors (Lipinski definition) is 1. The number of phenols is 1. The third kappa shape index (κ3) is 8.06. The molecule has 0 aliphatic rings. The van der Waals surface area contributed by atoms with Crippen molar-refractivity contribution in [2.45, 2.75) is 26.2 Å². The van der Waals surface area contributed by atoms with Gasteiger partial charge in [0.2, 0.25) is 0 Å². The minimum atomic E-state index is -0.129. The van der Waals surface area contributed by atoms with Crippen molar-refractivity contribution < 1.29 is 19.4 Å². The maximum atomic E-state index is 10.8. The van der Waals surface area contributed by atoms with Gasteiger partial charge in [0.05, 0.1) is 13.7 Å². The average molecular weight is 342 g/mol. The van der Waals surface area contributed by atoms with E-state index in [0.29, 0.717) is 18.8 Å². The Morgan fingerprint density at radius 2 is 1.88 bits per heavy atom. The van der Waals surface area contributed by atoms with Crippen molar-refractivity contribution in [1.29, 1.82) is 0 Å². The van der Waals surface area contributed by atoms with Crippen LogP contribution in [0.15, 0.2) is 61.2 Å². The molecule has 0 amide bonds. The van der Waals surface area contributed by atoms with E-state index in [-0.39, 0.29) is 11.7 Å². The molecule has 0 saturated heterocycles. The number of rotatable bonds is 7. The van der Waals surface area contributed by atoms with Crippen molar-refractivity contribution in [3.8, 4) is 11.5 Å². The summed E-state index contributed by atoms with van der Waals surface area (Å²) in [6, 6.07) is 15.3. The number of phenolic OH excluding ortho intramolecular Hbond substituents is 1. The highest BCUT2D eigenvalue weighted by Gasteiger charge is 2.00. The predicted molar refractivity (Wildman–Crippen MR) is 100.0 cm³/mol. The highest BCUT2D eigenvalue weighted by Crippen LogP contribution is 2.26.